The molecule has 1 N–H and O–H groups in total. The van der Waals surface area contributed by atoms with E-state index in [0.29, 0.717) is 18.0 Å². The summed E-state index contributed by atoms with van der Waals surface area (Å²) in [6.45, 7) is 0. The summed E-state index contributed by atoms with van der Waals surface area (Å²) < 4.78 is 5.18. The van der Waals surface area contributed by atoms with Gasteiger partial charge in [-0.15, -0.1) is 0 Å². The van der Waals surface area contributed by atoms with Crippen molar-refractivity contribution < 1.29 is 4.74 Å². The zero-order valence-corrected chi connectivity index (χ0v) is 11.5. The molecule has 1 aliphatic carbocycles. The second-order valence-electron chi connectivity index (χ2n) is 4.94. The highest BCUT2D eigenvalue weighted by molar-refractivity contribution is 5.41. The third-order valence-corrected chi connectivity index (χ3v) is 3.93. The van der Waals surface area contributed by atoms with Crippen molar-refractivity contribution in [1.29, 1.82) is 0 Å². The quantitative estimate of drug-likeness (QED) is 0.886. The molecule has 1 heterocycles. The molecule has 0 bridgehead atoms. The zero-order valence-electron chi connectivity index (χ0n) is 11.5. The van der Waals surface area contributed by atoms with Crippen molar-refractivity contribution in [2.75, 3.05) is 26.1 Å². The molecule has 0 amide bonds. The number of hydrogen-bond donors (Lipinski definition) is 1. The van der Waals surface area contributed by atoms with Gasteiger partial charge in [-0.2, -0.15) is 4.98 Å². The second kappa shape index (κ2) is 6.05. The third-order valence-electron chi connectivity index (χ3n) is 3.93. The Kier molecular flexibility index (Phi) is 4.42. The van der Waals surface area contributed by atoms with E-state index in [4.69, 9.17) is 4.74 Å². The fourth-order valence-corrected chi connectivity index (χ4v) is 2.65. The van der Waals surface area contributed by atoms with Crippen LogP contribution in [0.15, 0.2) is 18.2 Å². The topological polar surface area (TPSA) is 37.4 Å². The maximum absolute atomic E-state index is 5.18. The molecular formula is C14H23N3O. The number of nitrogens with zero attached hydrogens (tertiary/aromatic N) is 2. The Labute approximate surface area is 109 Å². The van der Waals surface area contributed by atoms with E-state index in [9.17, 15) is 0 Å². The van der Waals surface area contributed by atoms with Gasteiger partial charge in [-0.25, -0.2) is 0 Å². The van der Waals surface area contributed by atoms with E-state index >= 15 is 0 Å². The molecule has 1 aromatic heterocycles. The first-order chi connectivity index (χ1) is 8.74. The van der Waals surface area contributed by atoms with Crippen LogP contribution in [0.5, 0.6) is 5.88 Å². The second-order valence-corrected chi connectivity index (χ2v) is 4.94. The first-order valence-electron chi connectivity index (χ1n) is 6.65. The summed E-state index contributed by atoms with van der Waals surface area (Å²) >= 11 is 0. The van der Waals surface area contributed by atoms with Crippen LogP contribution in [0.2, 0.25) is 0 Å². The van der Waals surface area contributed by atoms with Gasteiger partial charge in [0, 0.05) is 25.2 Å². The molecule has 0 aromatic carbocycles. The van der Waals surface area contributed by atoms with Crippen molar-refractivity contribution >= 4 is 5.82 Å². The number of nitrogens with one attached hydrogen (secondary N) is 1. The molecule has 4 nitrogen and oxygen atoms in total. The largest absolute Gasteiger partial charge is 0.481 e. The van der Waals surface area contributed by atoms with Gasteiger partial charge in [-0.3, -0.25) is 0 Å². The Hall–Kier alpha value is -1.29. The smallest absolute Gasteiger partial charge is 0.214 e. The van der Waals surface area contributed by atoms with Crippen molar-refractivity contribution in [2.24, 2.45) is 0 Å². The molecule has 1 aromatic rings. The lowest BCUT2D eigenvalue weighted by Gasteiger charge is -2.35. The SMILES string of the molecule is CNC1CCC(N(C)c2cccc(OC)n2)CC1. The predicted octanol–water partition coefficient (Wildman–Crippen LogP) is 2.06. The van der Waals surface area contributed by atoms with Crippen LogP contribution in [-0.4, -0.2) is 38.3 Å². The normalized spacial score (nSPS) is 23.7. The van der Waals surface area contributed by atoms with E-state index in [0.717, 1.165) is 5.82 Å². The van der Waals surface area contributed by atoms with Crippen LogP contribution >= 0.6 is 0 Å². The average Bonchev–Trinajstić information content (AvgIpc) is 2.46. The maximum atomic E-state index is 5.18. The van der Waals surface area contributed by atoms with Gasteiger partial charge in [0.15, 0.2) is 0 Å². The van der Waals surface area contributed by atoms with E-state index in [2.05, 4.69) is 29.3 Å². The number of hydrogen-bond acceptors (Lipinski definition) is 4. The molecule has 0 unspecified atom stereocenters. The maximum Gasteiger partial charge on any atom is 0.214 e. The molecule has 18 heavy (non-hydrogen) atoms. The van der Waals surface area contributed by atoms with Crippen molar-refractivity contribution in [3.63, 3.8) is 0 Å². The van der Waals surface area contributed by atoms with Gasteiger partial charge >= 0.3 is 0 Å². The number of pyridine rings is 1. The van der Waals surface area contributed by atoms with E-state index in [1.54, 1.807) is 7.11 Å². The Balaban J connectivity index is 2.00. The lowest BCUT2D eigenvalue weighted by atomic mass is 9.90. The summed E-state index contributed by atoms with van der Waals surface area (Å²) in [4.78, 5) is 6.78. The number of aromatic nitrogens is 1. The molecule has 100 valence electrons. The monoisotopic (exact) mass is 249 g/mol. The predicted molar refractivity (Wildman–Crippen MR) is 74.3 cm³/mol. The fourth-order valence-electron chi connectivity index (χ4n) is 2.65. The van der Waals surface area contributed by atoms with Gasteiger partial charge in [0.2, 0.25) is 5.88 Å². The van der Waals surface area contributed by atoms with Gasteiger partial charge < -0.3 is 15.0 Å². The minimum atomic E-state index is 0.592. The summed E-state index contributed by atoms with van der Waals surface area (Å²) in [7, 11) is 5.84. The lowest BCUT2D eigenvalue weighted by Crippen LogP contribution is -2.40. The molecule has 1 aliphatic rings. The van der Waals surface area contributed by atoms with Gasteiger partial charge in [0.1, 0.15) is 5.82 Å². The lowest BCUT2D eigenvalue weighted by molar-refractivity contribution is 0.349. The van der Waals surface area contributed by atoms with Crippen LogP contribution < -0.4 is 15.0 Å². The minimum absolute atomic E-state index is 0.592. The number of methoxy groups -OCH3 is 1. The average molecular weight is 249 g/mol. The van der Waals surface area contributed by atoms with E-state index < -0.39 is 0 Å². The van der Waals surface area contributed by atoms with Crippen LogP contribution in [0.4, 0.5) is 5.82 Å². The van der Waals surface area contributed by atoms with Crippen LogP contribution in [0, 0.1) is 0 Å². The highest BCUT2D eigenvalue weighted by Gasteiger charge is 2.23. The Bertz CT molecular complexity index is 375. The molecule has 2 rings (SSSR count). The first kappa shape index (κ1) is 13.1. The summed E-state index contributed by atoms with van der Waals surface area (Å²) in [6.07, 6.45) is 4.94. The highest BCUT2D eigenvalue weighted by atomic mass is 16.5. The van der Waals surface area contributed by atoms with Crippen LogP contribution in [-0.2, 0) is 0 Å². The summed E-state index contributed by atoms with van der Waals surface area (Å²) in [5, 5.41) is 3.37. The molecule has 1 saturated carbocycles. The van der Waals surface area contributed by atoms with Gasteiger partial charge in [0.25, 0.3) is 0 Å². The minimum Gasteiger partial charge on any atom is -0.481 e. The van der Waals surface area contributed by atoms with Crippen molar-refractivity contribution in [1.82, 2.24) is 10.3 Å². The summed E-state index contributed by atoms with van der Waals surface area (Å²) in [5.41, 5.74) is 0. The first-order valence-corrected chi connectivity index (χ1v) is 6.65. The molecule has 0 atom stereocenters. The zero-order chi connectivity index (χ0) is 13.0. The van der Waals surface area contributed by atoms with Gasteiger partial charge in [-0.1, -0.05) is 6.07 Å². The van der Waals surface area contributed by atoms with Crippen molar-refractivity contribution in [3.8, 4) is 5.88 Å². The van der Waals surface area contributed by atoms with E-state index in [1.165, 1.54) is 25.7 Å². The number of ether oxygens (including phenoxy) is 1. The van der Waals surface area contributed by atoms with Crippen LogP contribution in [0.25, 0.3) is 0 Å². The molecular weight excluding hydrogens is 226 g/mol. The molecule has 0 saturated heterocycles. The highest BCUT2D eigenvalue weighted by Crippen LogP contribution is 2.26. The number of anilines is 1. The molecule has 1 fully saturated rings. The summed E-state index contributed by atoms with van der Waals surface area (Å²) in [6, 6.07) is 7.21. The Morgan fingerprint density at radius 2 is 2.00 bits per heavy atom. The molecule has 0 aliphatic heterocycles. The van der Waals surface area contributed by atoms with E-state index in [-0.39, 0.29) is 0 Å². The number of rotatable bonds is 4. The molecule has 4 heteroatoms. The Morgan fingerprint density at radius 1 is 1.28 bits per heavy atom. The standard InChI is InChI=1S/C14H23N3O/c1-15-11-7-9-12(10-8-11)17(2)13-5-4-6-14(16-13)18-3/h4-6,11-12,15H,7-10H2,1-3H3. The summed E-state index contributed by atoms with van der Waals surface area (Å²) in [5.74, 6) is 1.69. The third kappa shape index (κ3) is 2.93. The fraction of sp³-hybridized carbons (Fsp3) is 0.643. The van der Waals surface area contributed by atoms with Crippen molar-refractivity contribution in [3.05, 3.63) is 18.2 Å². The Morgan fingerprint density at radius 3 is 2.61 bits per heavy atom. The van der Waals surface area contributed by atoms with Gasteiger partial charge in [0.05, 0.1) is 7.11 Å². The van der Waals surface area contributed by atoms with Crippen molar-refractivity contribution in [2.45, 2.75) is 37.8 Å². The molecule has 0 spiro atoms. The van der Waals surface area contributed by atoms with Crippen LogP contribution in [0.1, 0.15) is 25.7 Å². The molecule has 0 radical (unpaired) electrons. The van der Waals surface area contributed by atoms with Crippen LogP contribution in [0.3, 0.4) is 0 Å². The van der Waals surface area contributed by atoms with Gasteiger partial charge in [-0.05, 0) is 38.8 Å². The van der Waals surface area contributed by atoms with E-state index in [1.807, 2.05) is 18.2 Å².